The Bertz CT molecular complexity index is 1290. The molecule has 0 radical (unpaired) electrons. The molecule has 0 atom stereocenters. The monoisotopic (exact) mass is 352 g/mol. The number of fused-ring (bicyclic) bond motifs is 3. The molecule has 0 aliphatic rings. The van der Waals surface area contributed by atoms with E-state index in [2.05, 4.69) is 0 Å². The molecule has 4 aromatic rings. The molecule has 8 heteroatoms. The molecule has 0 spiro atoms. The van der Waals surface area contributed by atoms with Gasteiger partial charge in [0, 0.05) is 36.0 Å². The van der Waals surface area contributed by atoms with Crippen LogP contribution in [-0.4, -0.2) is 39.4 Å². The van der Waals surface area contributed by atoms with Crippen molar-refractivity contribution in [2.75, 3.05) is 20.6 Å². The van der Waals surface area contributed by atoms with Gasteiger partial charge in [-0.05, 0) is 20.2 Å². The third-order valence-corrected chi connectivity index (χ3v) is 4.63. The Labute approximate surface area is 147 Å². The third kappa shape index (κ3) is 2.19. The average Bonchev–Trinajstić information content (AvgIpc) is 2.94. The first-order valence-corrected chi connectivity index (χ1v) is 8.12. The molecule has 2 aromatic heterocycles. The molecule has 4 rings (SSSR count). The van der Waals surface area contributed by atoms with Crippen LogP contribution in [0.15, 0.2) is 46.0 Å². The molecule has 0 amide bonds. The van der Waals surface area contributed by atoms with Crippen LogP contribution in [0.3, 0.4) is 0 Å². The zero-order chi connectivity index (χ0) is 18.6. The quantitative estimate of drug-likeness (QED) is 0.412. The molecule has 2 heterocycles. The van der Waals surface area contributed by atoms with Gasteiger partial charge in [-0.25, -0.2) is 4.79 Å². The number of nitrogens with zero attached hydrogens (tertiary/aromatic N) is 4. The summed E-state index contributed by atoms with van der Waals surface area (Å²) in [4.78, 5) is 38.7. The fourth-order valence-electron chi connectivity index (χ4n) is 3.40. The minimum Gasteiger partial charge on any atom is -0.308 e. The minimum absolute atomic E-state index is 0.161. The Morgan fingerprint density at radius 1 is 1.08 bits per heavy atom. The average molecular weight is 352 g/mol. The van der Waals surface area contributed by atoms with Crippen molar-refractivity contribution < 1.29 is 4.92 Å². The van der Waals surface area contributed by atoms with Crippen LogP contribution >= 0.6 is 0 Å². The van der Waals surface area contributed by atoms with Crippen LogP contribution in [0.4, 0.5) is 5.69 Å². The normalized spacial score (nSPS) is 12.0. The summed E-state index contributed by atoms with van der Waals surface area (Å²) in [5, 5.41) is 12.8. The lowest BCUT2D eigenvalue weighted by atomic mass is 10.1. The number of rotatable bonds is 4. The number of hydrogen-bond donors (Lipinski definition) is 0. The van der Waals surface area contributed by atoms with Crippen molar-refractivity contribution in [3.05, 3.63) is 67.4 Å². The number of nitro groups is 1. The maximum atomic E-state index is 13.0. The summed E-state index contributed by atoms with van der Waals surface area (Å²) >= 11 is 0. The van der Waals surface area contributed by atoms with Gasteiger partial charge in [-0.2, -0.15) is 0 Å². The van der Waals surface area contributed by atoms with E-state index >= 15 is 0 Å². The maximum absolute atomic E-state index is 13.0. The van der Waals surface area contributed by atoms with Gasteiger partial charge in [-0.3, -0.25) is 23.9 Å². The number of para-hydroxylation sites is 1. The Balaban J connectivity index is 2.24. The second kappa shape index (κ2) is 5.63. The Morgan fingerprint density at radius 3 is 2.46 bits per heavy atom. The molecular weight excluding hydrogens is 336 g/mol. The van der Waals surface area contributed by atoms with Gasteiger partial charge in [-0.15, -0.1) is 0 Å². The largest absolute Gasteiger partial charge is 0.336 e. The lowest BCUT2D eigenvalue weighted by molar-refractivity contribution is -0.384. The molecule has 0 aliphatic heterocycles. The van der Waals surface area contributed by atoms with E-state index in [1.807, 2.05) is 19.0 Å². The van der Waals surface area contributed by atoms with Crippen molar-refractivity contribution in [2.45, 2.75) is 6.54 Å². The highest BCUT2D eigenvalue weighted by atomic mass is 16.6. The molecule has 0 unspecified atom stereocenters. The van der Waals surface area contributed by atoms with E-state index in [-0.39, 0.29) is 17.6 Å². The first-order chi connectivity index (χ1) is 12.4. The number of nitro benzene ring substituents is 1. The van der Waals surface area contributed by atoms with Crippen molar-refractivity contribution in [3.8, 4) is 0 Å². The van der Waals surface area contributed by atoms with Crippen LogP contribution in [0, 0.1) is 10.1 Å². The standard InChI is InChI=1S/C18H16N4O4/c1-19(2)7-8-20-17(23)14-10-11(22(25)26)9-13-12-5-3-4-6-15(12)21(16(13)14)18(20)24/h3-6,9-10H,7-8H2,1-2H3. The van der Waals surface area contributed by atoms with E-state index in [1.165, 1.54) is 16.5 Å². The van der Waals surface area contributed by atoms with Gasteiger partial charge in [-0.1, -0.05) is 18.2 Å². The first-order valence-electron chi connectivity index (χ1n) is 8.12. The smallest absolute Gasteiger partial charge is 0.308 e. The van der Waals surface area contributed by atoms with Crippen molar-refractivity contribution >= 4 is 32.9 Å². The molecule has 132 valence electrons. The number of non-ortho nitro benzene ring substituents is 1. The molecule has 0 aliphatic carbocycles. The van der Waals surface area contributed by atoms with E-state index in [1.54, 1.807) is 24.3 Å². The van der Waals surface area contributed by atoms with Gasteiger partial charge in [0.2, 0.25) is 0 Å². The molecule has 0 fully saturated rings. The minimum atomic E-state index is -0.518. The topological polar surface area (TPSA) is 89.9 Å². The first kappa shape index (κ1) is 16.2. The fourth-order valence-corrected chi connectivity index (χ4v) is 3.40. The maximum Gasteiger partial charge on any atom is 0.336 e. The van der Waals surface area contributed by atoms with Crippen molar-refractivity contribution in [2.24, 2.45) is 0 Å². The number of likely N-dealkylation sites (N-methyl/N-ethyl adjacent to an activating group) is 1. The molecule has 8 nitrogen and oxygen atoms in total. The Morgan fingerprint density at radius 2 is 1.77 bits per heavy atom. The number of benzene rings is 2. The zero-order valence-electron chi connectivity index (χ0n) is 14.3. The molecule has 0 saturated carbocycles. The van der Waals surface area contributed by atoms with E-state index in [9.17, 15) is 19.7 Å². The zero-order valence-corrected chi connectivity index (χ0v) is 14.3. The molecule has 2 aromatic carbocycles. The highest BCUT2D eigenvalue weighted by molar-refractivity contribution is 6.14. The van der Waals surface area contributed by atoms with Gasteiger partial charge >= 0.3 is 5.69 Å². The summed E-state index contributed by atoms with van der Waals surface area (Å²) in [6, 6.07) is 9.87. The summed E-state index contributed by atoms with van der Waals surface area (Å²) in [5.74, 6) is 0. The van der Waals surface area contributed by atoms with Gasteiger partial charge < -0.3 is 4.90 Å². The second-order valence-corrected chi connectivity index (χ2v) is 6.54. The summed E-state index contributed by atoms with van der Waals surface area (Å²) in [5.41, 5.74) is -0.0135. The summed E-state index contributed by atoms with van der Waals surface area (Å²) in [6.07, 6.45) is 0. The van der Waals surface area contributed by atoms with Crippen LogP contribution in [0.1, 0.15) is 0 Å². The molecule has 0 N–H and O–H groups in total. The van der Waals surface area contributed by atoms with Crippen molar-refractivity contribution in [1.82, 2.24) is 13.9 Å². The van der Waals surface area contributed by atoms with E-state index in [4.69, 9.17) is 0 Å². The third-order valence-electron chi connectivity index (χ3n) is 4.63. The lowest BCUT2D eigenvalue weighted by Gasteiger charge is -2.12. The van der Waals surface area contributed by atoms with Gasteiger partial charge in [0.1, 0.15) is 0 Å². The second-order valence-electron chi connectivity index (χ2n) is 6.54. The van der Waals surface area contributed by atoms with Gasteiger partial charge in [0.25, 0.3) is 11.2 Å². The van der Waals surface area contributed by atoms with E-state index in [0.717, 1.165) is 4.57 Å². The van der Waals surface area contributed by atoms with Crippen LogP contribution in [0.5, 0.6) is 0 Å². The van der Waals surface area contributed by atoms with Crippen molar-refractivity contribution in [1.29, 1.82) is 0 Å². The predicted octanol–water partition coefficient (Wildman–Crippen LogP) is 1.68. The van der Waals surface area contributed by atoms with Crippen molar-refractivity contribution in [3.63, 3.8) is 0 Å². The van der Waals surface area contributed by atoms with Crippen LogP contribution in [-0.2, 0) is 6.54 Å². The van der Waals surface area contributed by atoms with E-state index < -0.39 is 16.2 Å². The van der Waals surface area contributed by atoms with Gasteiger partial charge in [0.15, 0.2) is 0 Å². The Kier molecular flexibility index (Phi) is 3.52. The molecule has 26 heavy (non-hydrogen) atoms. The summed E-state index contributed by atoms with van der Waals surface area (Å²) in [7, 11) is 3.70. The number of hydrogen-bond acceptors (Lipinski definition) is 5. The van der Waals surface area contributed by atoms with Gasteiger partial charge in [0.05, 0.1) is 21.3 Å². The highest BCUT2D eigenvalue weighted by Crippen LogP contribution is 2.32. The molecule has 0 saturated heterocycles. The molecular formula is C18H16N4O4. The SMILES string of the molecule is CN(C)CCn1c(=O)c2cc([N+](=O)[O-])cc3c4ccccc4n(c1=O)c23. The Hall–Kier alpha value is -3.26. The summed E-state index contributed by atoms with van der Waals surface area (Å²) in [6.45, 7) is 0.713. The van der Waals surface area contributed by atoms with E-state index in [0.29, 0.717) is 28.4 Å². The predicted molar refractivity (Wildman–Crippen MR) is 99.3 cm³/mol. The van der Waals surface area contributed by atoms with Crippen LogP contribution in [0.25, 0.3) is 27.2 Å². The molecule has 0 bridgehead atoms. The number of aromatic nitrogens is 2. The lowest BCUT2D eigenvalue weighted by Crippen LogP contribution is -2.39. The van der Waals surface area contributed by atoms with Crippen LogP contribution in [0.2, 0.25) is 0 Å². The fraction of sp³-hybridized carbons (Fsp3) is 0.222. The summed E-state index contributed by atoms with van der Waals surface area (Å²) < 4.78 is 2.64. The van der Waals surface area contributed by atoms with Crippen LogP contribution < -0.4 is 11.2 Å². The highest BCUT2D eigenvalue weighted by Gasteiger charge is 2.22.